The molecule has 1 aromatic heterocycles. The predicted molar refractivity (Wildman–Crippen MR) is 75.3 cm³/mol. The third-order valence-electron chi connectivity index (χ3n) is 4.24. The minimum atomic E-state index is 0.152. The van der Waals surface area contributed by atoms with Crippen LogP contribution in [0.4, 0.5) is 0 Å². The van der Waals surface area contributed by atoms with Crippen LogP contribution in [0.3, 0.4) is 0 Å². The number of nitrogens with one attached hydrogen (secondary N) is 2. The lowest BCUT2D eigenvalue weighted by Crippen LogP contribution is -2.32. The first-order valence-corrected chi connectivity index (χ1v) is 8.51. The normalized spacial score (nSPS) is 32.8. The van der Waals surface area contributed by atoms with Gasteiger partial charge in [-0.25, -0.2) is 0 Å². The molecule has 2 unspecified atom stereocenters. The Labute approximate surface area is 115 Å². The molecule has 2 atom stereocenters. The van der Waals surface area contributed by atoms with Gasteiger partial charge in [0.05, 0.1) is 4.88 Å². The lowest BCUT2D eigenvalue weighted by molar-refractivity contribution is 0.0950. The zero-order valence-electron chi connectivity index (χ0n) is 10.1. The molecule has 0 aromatic carbocycles. The first-order valence-electron chi connectivity index (χ1n) is 6.54. The fourth-order valence-electron chi connectivity index (χ4n) is 3.11. The van der Waals surface area contributed by atoms with Crippen molar-refractivity contribution in [2.24, 2.45) is 11.8 Å². The Balaban J connectivity index is 1.46. The van der Waals surface area contributed by atoms with Gasteiger partial charge in [-0.1, -0.05) is 0 Å². The lowest BCUT2D eigenvalue weighted by Gasteiger charge is -2.08. The van der Waals surface area contributed by atoms with Crippen LogP contribution in [0.1, 0.15) is 20.1 Å². The van der Waals surface area contributed by atoms with Gasteiger partial charge in [0.2, 0.25) is 0 Å². The zero-order valence-corrected chi connectivity index (χ0v) is 11.7. The van der Waals surface area contributed by atoms with Crippen LogP contribution in [0, 0.1) is 11.8 Å². The Bertz CT molecular complexity index is 466. The van der Waals surface area contributed by atoms with Gasteiger partial charge in [0.1, 0.15) is 0 Å². The number of fused-ring (bicyclic) bond motifs is 2. The summed E-state index contributed by atoms with van der Waals surface area (Å²) in [6.45, 7) is 2.15. The first-order chi connectivity index (χ1) is 8.83. The van der Waals surface area contributed by atoms with Crippen LogP contribution >= 0.6 is 23.1 Å². The van der Waals surface area contributed by atoms with Gasteiger partial charge in [-0.2, -0.15) is 11.8 Å². The molecule has 3 aliphatic rings. The number of piperidine rings is 1. The monoisotopic (exact) mass is 280 g/mol. The number of hydrogen-bond acceptors (Lipinski definition) is 4. The number of thiophene rings is 1. The second kappa shape index (κ2) is 4.25. The highest BCUT2D eigenvalue weighted by Crippen LogP contribution is 2.42. The Morgan fingerprint density at radius 3 is 3.00 bits per heavy atom. The van der Waals surface area contributed by atoms with Crippen LogP contribution < -0.4 is 10.6 Å². The summed E-state index contributed by atoms with van der Waals surface area (Å²) in [4.78, 5) is 14.6. The maximum absolute atomic E-state index is 12.2. The summed E-state index contributed by atoms with van der Waals surface area (Å²) in [5.41, 5.74) is 1.39. The van der Waals surface area contributed by atoms with Crippen molar-refractivity contribution in [1.29, 1.82) is 0 Å². The first kappa shape index (κ1) is 11.3. The summed E-state index contributed by atoms with van der Waals surface area (Å²) in [5.74, 6) is 3.82. The van der Waals surface area contributed by atoms with Gasteiger partial charge in [0.15, 0.2) is 0 Å². The number of rotatable bonds is 2. The Morgan fingerprint density at radius 1 is 1.39 bits per heavy atom. The molecule has 3 nitrogen and oxygen atoms in total. The van der Waals surface area contributed by atoms with Gasteiger partial charge in [0.25, 0.3) is 5.91 Å². The molecule has 0 spiro atoms. The molecule has 2 N–H and O–H groups in total. The van der Waals surface area contributed by atoms with Crippen LogP contribution in [-0.4, -0.2) is 30.8 Å². The standard InChI is InChI=1S/C13H16N2OS2/c16-13(15-12-8-4-14-5-9(8)12)11-3-7-6-17-2-1-10(7)18-11/h3,8-9,12,14H,1-2,4-6H2,(H,15,16). The largest absolute Gasteiger partial charge is 0.348 e. The third-order valence-corrected chi connectivity index (χ3v) is 6.48. The van der Waals surface area contributed by atoms with Gasteiger partial charge in [-0.15, -0.1) is 11.3 Å². The third kappa shape index (κ3) is 1.80. The summed E-state index contributed by atoms with van der Waals surface area (Å²) >= 11 is 3.67. The van der Waals surface area contributed by atoms with Crippen LogP contribution in [-0.2, 0) is 12.2 Å². The van der Waals surface area contributed by atoms with E-state index in [4.69, 9.17) is 0 Å². The number of thioether (sulfide) groups is 1. The molecule has 5 heteroatoms. The van der Waals surface area contributed by atoms with Crippen molar-refractivity contribution in [2.45, 2.75) is 18.2 Å². The summed E-state index contributed by atoms with van der Waals surface area (Å²) in [6, 6.07) is 2.55. The molecule has 1 saturated heterocycles. The highest BCUT2D eigenvalue weighted by atomic mass is 32.2. The fourth-order valence-corrected chi connectivity index (χ4v) is 5.39. The topological polar surface area (TPSA) is 41.1 Å². The molecular weight excluding hydrogens is 264 g/mol. The molecule has 0 radical (unpaired) electrons. The summed E-state index contributed by atoms with van der Waals surface area (Å²) in [5, 5.41) is 6.56. The molecule has 1 saturated carbocycles. The molecule has 18 heavy (non-hydrogen) atoms. The number of aryl methyl sites for hydroxylation is 1. The van der Waals surface area contributed by atoms with E-state index in [0.717, 1.165) is 30.1 Å². The van der Waals surface area contributed by atoms with Gasteiger partial charge >= 0.3 is 0 Å². The van der Waals surface area contributed by atoms with Crippen LogP contribution in [0.25, 0.3) is 0 Å². The molecular formula is C13H16N2OS2. The van der Waals surface area contributed by atoms with Crippen LogP contribution in [0.5, 0.6) is 0 Å². The number of hydrogen-bond donors (Lipinski definition) is 2. The zero-order chi connectivity index (χ0) is 12.1. The smallest absolute Gasteiger partial charge is 0.261 e. The maximum atomic E-state index is 12.2. The number of carbonyl (C=O) groups excluding carboxylic acids is 1. The molecule has 96 valence electrons. The lowest BCUT2D eigenvalue weighted by atomic mass is 10.2. The van der Waals surface area contributed by atoms with E-state index >= 15 is 0 Å². The van der Waals surface area contributed by atoms with E-state index in [9.17, 15) is 4.79 Å². The summed E-state index contributed by atoms with van der Waals surface area (Å²) in [7, 11) is 0. The van der Waals surface area contributed by atoms with Crippen molar-refractivity contribution in [3.8, 4) is 0 Å². The van der Waals surface area contributed by atoms with E-state index in [0.29, 0.717) is 17.9 Å². The molecule has 2 aliphatic heterocycles. The molecule has 1 aromatic rings. The minimum absolute atomic E-state index is 0.152. The van der Waals surface area contributed by atoms with Crippen molar-refractivity contribution in [3.63, 3.8) is 0 Å². The average Bonchev–Trinajstić information content (AvgIpc) is 2.84. The Kier molecular flexibility index (Phi) is 2.67. The number of carbonyl (C=O) groups is 1. The highest BCUT2D eigenvalue weighted by Gasteiger charge is 2.53. The van der Waals surface area contributed by atoms with E-state index in [2.05, 4.69) is 16.7 Å². The second-order valence-corrected chi connectivity index (χ2v) is 7.59. The number of amides is 1. The maximum Gasteiger partial charge on any atom is 0.261 e. The summed E-state index contributed by atoms with van der Waals surface area (Å²) in [6.07, 6.45) is 1.14. The van der Waals surface area contributed by atoms with Gasteiger partial charge in [-0.3, -0.25) is 4.79 Å². The highest BCUT2D eigenvalue weighted by molar-refractivity contribution is 7.98. The molecule has 1 amide bonds. The fraction of sp³-hybridized carbons (Fsp3) is 0.615. The SMILES string of the molecule is O=C(NC1C2CNCC21)c1cc2c(s1)CCSC2. The molecule has 0 bridgehead atoms. The van der Waals surface area contributed by atoms with Gasteiger partial charge in [-0.05, 0) is 35.6 Å². The van der Waals surface area contributed by atoms with E-state index in [1.54, 1.807) is 11.3 Å². The van der Waals surface area contributed by atoms with E-state index in [1.165, 1.54) is 16.2 Å². The van der Waals surface area contributed by atoms with Gasteiger partial charge < -0.3 is 10.6 Å². The van der Waals surface area contributed by atoms with Gasteiger partial charge in [0, 0.05) is 29.8 Å². The van der Waals surface area contributed by atoms with E-state index in [-0.39, 0.29) is 5.91 Å². The van der Waals surface area contributed by atoms with Crippen molar-refractivity contribution in [1.82, 2.24) is 10.6 Å². The molecule has 1 aliphatic carbocycles. The summed E-state index contributed by atoms with van der Waals surface area (Å²) < 4.78 is 0. The Hall–Kier alpha value is -0.520. The Morgan fingerprint density at radius 2 is 2.22 bits per heavy atom. The van der Waals surface area contributed by atoms with E-state index in [1.807, 2.05) is 11.8 Å². The van der Waals surface area contributed by atoms with E-state index < -0.39 is 0 Å². The molecule has 2 fully saturated rings. The van der Waals surface area contributed by atoms with Crippen molar-refractivity contribution < 1.29 is 4.79 Å². The van der Waals surface area contributed by atoms with Crippen molar-refractivity contribution in [3.05, 3.63) is 21.4 Å². The van der Waals surface area contributed by atoms with Crippen LogP contribution in [0.2, 0.25) is 0 Å². The second-order valence-electron chi connectivity index (χ2n) is 5.35. The van der Waals surface area contributed by atoms with Crippen molar-refractivity contribution in [2.75, 3.05) is 18.8 Å². The minimum Gasteiger partial charge on any atom is -0.348 e. The quantitative estimate of drug-likeness (QED) is 0.862. The molecule has 4 rings (SSSR count). The molecule has 3 heterocycles. The average molecular weight is 280 g/mol. The van der Waals surface area contributed by atoms with Crippen molar-refractivity contribution >= 4 is 29.0 Å². The predicted octanol–water partition coefficient (Wildman–Crippen LogP) is 1.49. The van der Waals surface area contributed by atoms with Crippen LogP contribution in [0.15, 0.2) is 6.07 Å².